The maximum atomic E-state index is 5.64. The van der Waals surface area contributed by atoms with Crippen molar-refractivity contribution in [3.63, 3.8) is 0 Å². The lowest BCUT2D eigenvalue weighted by Gasteiger charge is -2.31. The van der Waals surface area contributed by atoms with Gasteiger partial charge in [-0.1, -0.05) is 45.4 Å². The van der Waals surface area contributed by atoms with Crippen LogP contribution in [0.4, 0.5) is 0 Å². The molecule has 2 nitrogen and oxygen atoms in total. The fraction of sp³-hybridized carbons (Fsp3) is 0.700. The van der Waals surface area contributed by atoms with Crippen LogP contribution in [0.5, 0.6) is 0 Å². The maximum absolute atomic E-state index is 5.64. The summed E-state index contributed by atoms with van der Waals surface area (Å²) in [6, 6.07) is 8.39. The van der Waals surface area contributed by atoms with Gasteiger partial charge in [0, 0.05) is 12.1 Å². The summed E-state index contributed by atoms with van der Waals surface area (Å²) in [7, 11) is 0. The van der Waals surface area contributed by atoms with Gasteiger partial charge >= 0.3 is 0 Å². The lowest BCUT2D eigenvalue weighted by atomic mass is 9.83. The van der Waals surface area contributed by atoms with Crippen molar-refractivity contribution in [1.29, 1.82) is 0 Å². The Morgan fingerprint density at radius 1 is 1.18 bits per heavy atom. The molecule has 124 valence electrons. The third-order valence-electron chi connectivity index (χ3n) is 4.89. The molecule has 0 amide bonds. The summed E-state index contributed by atoms with van der Waals surface area (Å²) in [6.07, 6.45) is 7.51. The van der Waals surface area contributed by atoms with Crippen LogP contribution in [0, 0.1) is 0 Å². The highest BCUT2D eigenvalue weighted by molar-refractivity contribution is 5.35. The predicted octanol–water partition coefficient (Wildman–Crippen LogP) is 4.47. The summed E-state index contributed by atoms with van der Waals surface area (Å²) in [4.78, 5) is 0. The molecule has 0 aliphatic heterocycles. The van der Waals surface area contributed by atoms with Crippen LogP contribution in [-0.2, 0) is 11.8 Å². The van der Waals surface area contributed by atoms with Crippen LogP contribution in [0.25, 0.3) is 0 Å². The summed E-state index contributed by atoms with van der Waals surface area (Å²) >= 11 is 0. The van der Waals surface area contributed by atoms with Crippen molar-refractivity contribution >= 4 is 0 Å². The quantitative estimate of drug-likeness (QED) is 0.729. The summed E-state index contributed by atoms with van der Waals surface area (Å²) in [5, 5.41) is 3.79. The van der Waals surface area contributed by atoms with Crippen molar-refractivity contribution in [3.05, 3.63) is 34.9 Å². The molecule has 1 atom stereocenters. The van der Waals surface area contributed by atoms with Gasteiger partial charge < -0.3 is 11.1 Å². The van der Waals surface area contributed by atoms with Gasteiger partial charge in [-0.15, -0.1) is 0 Å². The van der Waals surface area contributed by atoms with E-state index in [4.69, 9.17) is 5.73 Å². The fourth-order valence-electron chi connectivity index (χ4n) is 3.04. The highest BCUT2D eigenvalue weighted by Crippen LogP contribution is 2.29. The zero-order valence-corrected chi connectivity index (χ0v) is 14.9. The zero-order chi connectivity index (χ0) is 16.2. The van der Waals surface area contributed by atoms with E-state index in [0.717, 1.165) is 25.4 Å². The first-order valence-corrected chi connectivity index (χ1v) is 9.00. The molecule has 1 aliphatic carbocycles. The molecule has 22 heavy (non-hydrogen) atoms. The predicted molar refractivity (Wildman–Crippen MR) is 96.3 cm³/mol. The van der Waals surface area contributed by atoms with Gasteiger partial charge in [0.1, 0.15) is 0 Å². The molecule has 1 aromatic carbocycles. The summed E-state index contributed by atoms with van der Waals surface area (Å²) in [5.41, 5.74) is 10.2. The number of hydrogen-bond donors (Lipinski definition) is 2. The van der Waals surface area contributed by atoms with Crippen molar-refractivity contribution in [1.82, 2.24) is 5.32 Å². The number of nitrogens with two attached hydrogens (primary N) is 1. The Balaban J connectivity index is 2.16. The first-order valence-electron chi connectivity index (χ1n) is 9.00. The second-order valence-electron chi connectivity index (χ2n) is 7.98. The van der Waals surface area contributed by atoms with Crippen LogP contribution < -0.4 is 11.1 Å². The molecule has 0 aromatic heterocycles. The molecular formula is C20H34N2. The van der Waals surface area contributed by atoms with Crippen LogP contribution in [-0.4, -0.2) is 12.6 Å². The van der Waals surface area contributed by atoms with Gasteiger partial charge in [0.15, 0.2) is 0 Å². The van der Waals surface area contributed by atoms with Crippen LogP contribution in [0.15, 0.2) is 18.2 Å². The van der Waals surface area contributed by atoms with Crippen LogP contribution in [0.1, 0.15) is 82.5 Å². The van der Waals surface area contributed by atoms with Crippen molar-refractivity contribution in [2.45, 2.75) is 83.7 Å². The molecule has 2 rings (SSSR count). The monoisotopic (exact) mass is 302 g/mol. The number of aryl methyl sites for hydroxylation is 1. The van der Waals surface area contributed by atoms with E-state index in [1.165, 1.54) is 42.4 Å². The fourth-order valence-corrected chi connectivity index (χ4v) is 3.04. The van der Waals surface area contributed by atoms with Crippen LogP contribution >= 0.6 is 0 Å². The van der Waals surface area contributed by atoms with Gasteiger partial charge in [-0.2, -0.15) is 0 Å². The summed E-state index contributed by atoms with van der Waals surface area (Å²) < 4.78 is 0. The van der Waals surface area contributed by atoms with E-state index in [2.05, 4.69) is 51.2 Å². The van der Waals surface area contributed by atoms with Crippen molar-refractivity contribution in [2.24, 2.45) is 5.73 Å². The first kappa shape index (κ1) is 17.5. The Hall–Kier alpha value is -0.860. The van der Waals surface area contributed by atoms with Crippen molar-refractivity contribution in [3.8, 4) is 0 Å². The second-order valence-corrected chi connectivity index (χ2v) is 7.98. The molecule has 1 fully saturated rings. The lowest BCUT2D eigenvalue weighted by molar-refractivity contribution is 0.313. The first-order chi connectivity index (χ1) is 10.4. The number of benzene rings is 1. The highest BCUT2D eigenvalue weighted by atomic mass is 15.0. The molecular weight excluding hydrogens is 268 g/mol. The topological polar surface area (TPSA) is 38.0 Å². The maximum Gasteiger partial charge on any atom is 0.0294 e. The third-order valence-corrected chi connectivity index (χ3v) is 4.89. The van der Waals surface area contributed by atoms with Gasteiger partial charge in [-0.3, -0.25) is 0 Å². The number of rotatable bonds is 7. The molecule has 0 saturated heterocycles. The Labute approximate surface area is 136 Å². The molecule has 2 heteroatoms. The Morgan fingerprint density at radius 3 is 2.45 bits per heavy atom. The highest BCUT2D eigenvalue weighted by Gasteiger charge is 2.21. The van der Waals surface area contributed by atoms with E-state index < -0.39 is 0 Å². The number of unbranched alkanes of at least 4 members (excludes halogenated alkanes) is 1. The van der Waals surface area contributed by atoms with E-state index >= 15 is 0 Å². The molecule has 0 spiro atoms. The smallest absolute Gasteiger partial charge is 0.0294 e. The van der Waals surface area contributed by atoms with Gasteiger partial charge in [0.25, 0.3) is 0 Å². The minimum atomic E-state index is 0.203. The average molecular weight is 303 g/mol. The largest absolute Gasteiger partial charge is 0.330 e. The molecule has 1 unspecified atom stereocenters. The van der Waals surface area contributed by atoms with Crippen LogP contribution in [0.3, 0.4) is 0 Å². The van der Waals surface area contributed by atoms with E-state index in [0.29, 0.717) is 6.04 Å². The van der Waals surface area contributed by atoms with E-state index in [1.807, 2.05) is 0 Å². The standard InChI is InChI=1S/C20H34N2/c1-15(22-19-9-7-10-19)17-12-16(8-5-6-11-21)13-18(14-17)20(2,3)4/h12-15,19,22H,5-11,21H2,1-4H3. The van der Waals surface area contributed by atoms with Gasteiger partial charge in [0.05, 0.1) is 0 Å². The lowest BCUT2D eigenvalue weighted by Crippen LogP contribution is -2.36. The minimum Gasteiger partial charge on any atom is -0.330 e. The molecule has 1 aliphatic rings. The Morgan fingerprint density at radius 2 is 1.91 bits per heavy atom. The Kier molecular flexibility index (Phi) is 6.05. The summed E-state index contributed by atoms with van der Waals surface area (Å²) in [6.45, 7) is 10.0. The van der Waals surface area contributed by atoms with Gasteiger partial charge in [-0.25, -0.2) is 0 Å². The molecule has 0 heterocycles. The zero-order valence-electron chi connectivity index (χ0n) is 14.9. The molecule has 1 saturated carbocycles. The molecule has 0 radical (unpaired) electrons. The van der Waals surface area contributed by atoms with Crippen LogP contribution in [0.2, 0.25) is 0 Å². The molecule has 1 aromatic rings. The van der Waals surface area contributed by atoms with Gasteiger partial charge in [-0.05, 0) is 67.7 Å². The number of nitrogens with one attached hydrogen (secondary N) is 1. The normalized spacial score (nSPS) is 17.3. The average Bonchev–Trinajstić information content (AvgIpc) is 2.41. The Bertz CT molecular complexity index is 469. The molecule has 3 N–H and O–H groups in total. The van der Waals surface area contributed by atoms with Crippen molar-refractivity contribution < 1.29 is 0 Å². The van der Waals surface area contributed by atoms with E-state index in [9.17, 15) is 0 Å². The van der Waals surface area contributed by atoms with Gasteiger partial charge in [0.2, 0.25) is 0 Å². The van der Waals surface area contributed by atoms with E-state index in [-0.39, 0.29) is 5.41 Å². The summed E-state index contributed by atoms with van der Waals surface area (Å²) in [5.74, 6) is 0. The minimum absolute atomic E-state index is 0.203. The van der Waals surface area contributed by atoms with E-state index in [1.54, 1.807) is 0 Å². The number of hydrogen-bond acceptors (Lipinski definition) is 2. The SMILES string of the molecule is CC(NC1CCC1)c1cc(CCCCN)cc(C(C)(C)C)c1. The third kappa shape index (κ3) is 4.82. The second kappa shape index (κ2) is 7.61. The molecule has 0 bridgehead atoms. The van der Waals surface area contributed by atoms with Crippen molar-refractivity contribution in [2.75, 3.05) is 6.54 Å².